The molecule has 106 valence electrons. The van der Waals surface area contributed by atoms with Crippen LogP contribution in [0.2, 0.25) is 0 Å². The van der Waals surface area contributed by atoms with Gasteiger partial charge >= 0.3 is 0 Å². The summed E-state index contributed by atoms with van der Waals surface area (Å²) in [4.78, 5) is 6.39. The zero-order valence-electron chi connectivity index (χ0n) is 12.0. The molecule has 4 nitrogen and oxygen atoms in total. The van der Waals surface area contributed by atoms with Crippen LogP contribution in [0.3, 0.4) is 0 Å². The number of nitrogens with one attached hydrogen (secondary N) is 1. The molecule has 0 bridgehead atoms. The fraction of sp³-hybridized carbons (Fsp3) is 0.438. The maximum Gasteiger partial charge on any atom is 0.181 e. The van der Waals surface area contributed by atoms with Crippen LogP contribution in [-0.2, 0) is 0 Å². The minimum atomic E-state index is 0.547. The van der Waals surface area contributed by atoms with Crippen molar-refractivity contribution >= 4 is 5.69 Å². The van der Waals surface area contributed by atoms with Gasteiger partial charge in [-0.3, -0.25) is 0 Å². The van der Waals surface area contributed by atoms with Gasteiger partial charge in [-0.25, -0.2) is 4.98 Å². The molecule has 20 heavy (non-hydrogen) atoms. The Morgan fingerprint density at radius 2 is 2.30 bits per heavy atom. The molecule has 1 fully saturated rings. The van der Waals surface area contributed by atoms with Gasteiger partial charge < -0.3 is 14.6 Å². The number of hydrogen-bond acceptors (Lipinski definition) is 4. The summed E-state index contributed by atoms with van der Waals surface area (Å²) in [6.07, 6.45) is 5.58. The first kappa shape index (κ1) is 13.2. The van der Waals surface area contributed by atoms with E-state index in [-0.39, 0.29) is 0 Å². The maximum atomic E-state index is 5.35. The second kappa shape index (κ2) is 5.67. The zero-order chi connectivity index (χ0) is 13.9. The van der Waals surface area contributed by atoms with Crippen LogP contribution in [0.4, 0.5) is 5.69 Å². The van der Waals surface area contributed by atoms with Crippen molar-refractivity contribution in [3.8, 4) is 11.3 Å². The molecule has 0 saturated carbocycles. The highest BCUT2D eigenvalue weighted by molar-refractivity contribution is 5.63. The quantitative estimate of drug-likeness (QED) is 0.930. The lowest BCUT2D eigenvalue weighted by Gasteiger charge is -2.35. The third kappa shape index (κ3) is 2.85. The van der Waals surface area contributed by atoms with E-state index in [1.807, 2.05) is 6.07 Å². The molecule has 0 aliphatic carbocycles. The lowest BCUT2D eigenvalue weighted by molar-refractivity contribution is 0.190. The van der Waals surface area contributed by atoms with Gasteiger partial charge in [0.05, 0.1) is 6.20 Å². The van der Waals surface area contributed by atoms with Crippen molar-refractivity contribution in [1.82, 2.24) is 9.88 Å². The molecule has 1 aromatic carbocycles. The van der Waals surface area contributed by atoms with E-state index in [1.54, 1.807) is 6.20 Å². The Labute approximate surface area is 119 Å². The number of benzene rings is 1. The summed E-state index contributed by atoms with van der Waals surface area (Å²) in [5.74, 6) is 0.811. The second-order valence-electron chi connectivity index (χ2n) is 5.64. The standard InChI is InChI=1S/C16H21N3O/c1-12-8-15(6-7-19(12)2)18-14-5-3-4-13(9-14)16-10-17-11-20-16/h3-5,9-12,15,18H,6-8H2,1-2H3. The summed E-state index contributed by atoms with van der Waals surface area (Å²) < 4.78 is 5.35. The van der Waals surface area contributed by atoms with Crippen molar-refractivity contribution in [3.05, 3.63) is 36.9 Å². The molecule has 2 unspecified atom stereocenters. The second-order valence-corrected chi connectivity index (χ2v) is 5.64. The maximum absolute atomic E-state index is 5.35. The van der Waals surface area contributed by atoms with Crippen LogP contribution in [0.15, 0.2) is 41.3 Å². The van der Waals surface area contributed by atoms with Gasteiger partial charge in [-0.2, -0.15) is 0 Å². The van der Waals surface area contributed by atoms with Gasteiger partial charge in [-0.05, 0) is 38.9 Å². The lowest BCUT2D eigenvalue weighted by Crippen LogP contribution is -2.42. The molecule has 1 N–H and O–H groups in total. The van der Waals surface area contributed by atoms with Crippen LogP contribution < -0.4 is 5.32 Å². The molecule has 1 aliphatic heterocycles. The van der Waals surface area contributed by atoms with Crippen molar-refractivity contribution in [2.75, 3.05) is 18.9 Å². The van der Waals surface area contributed by atoms with E-state index in [2.05, 4.69) is 47.4 Å². The Kier molecular flexibility index (Phi) is 3.74. The summed E-state index contributed by atoms with van der Waals surface area (Å²) >= 11 is 0. The Hall–Kier alpha value is -1.81. The molecule has 3 rings (SSSR count). The Morgan fingerprint density at radius 3 is 3.05 bits per heavy atom. The van der Waals surface area contributed by atoms with Crippen LogP contribution in [-0.4, -0.2) is 35.6 Å². The van der Waals surface area contributed by atoms with Crippen molar-refractivity contribution in [2.24, 2.45) is 0 Å². The van der Waals surface area contributed by atoms with E-state index in [1.165, 1.54) is 19.2 Å². The minimum absolute atomic E-state index is 0.547. The summed E-state index contributed by atoms with van der Waals surface area (Å²) in [5.41, 5.74) is 2.22. The summed E-state index contributed by atoms with van der Waals surface area (Å²) in [6, 6.07) is 9.53. The monoisotopic (exact) mass is 271 g/mol. The molecule has 1 aliphatic rings. The predicted molar refractivity (Wildman–Crippen MR) is 80.7 cm³/mol. The largest absolute Gasteiger partial charge is 0.444 e. The smallest absolute Gasteiger partial charge is 0.181 e. The van der Waals surface area contributed by atoms with Crippen molar-refractivity contribution in [2.45, 2.75) is 31.8 Å². The summed E-state index contributed by atoms with van der Waals surface area (Å²) in [5, 5.41) is 3.65. The van der Waals surface area contributed by atoms with Gasteiger partial charge in [-0.1, -0.05) is 12.1 Å². The molecule has 4 heteroatoms. The summed E-state index contributed by atoms with van der Waals surface area (Å²) in [7, 11) is 2.20. The van der Waals surface area contributed by atoms with Gasteiger partial charge in [0.25, 0.3) is 0 Å². The Balaban J connectivity index is 1.70. The third-order valence-corrected chi connectivity index (χ3v) is 4.16. The van der Waals surface area contributed by atoms with Crippen molar-refractivity contribution < 1.29 is 4.42 Å². The summed E-state index contributed by atoms with van der Waals surface area (Å²) in [6.45, 7) is 3.44. The predicted octanol–water partition coefficient (Wildman–Crippen LogP) is 3.24. The highest BCUT2D eigenvalue weighted by atomic mass is 16.3. The van der Waals surface area contributed by atoms with Gasteiger partial charge in [0, 0.05) is 29.9 Å². The number of piperidine rings is 1. The number of nitrogens with zero attached hydrogens (tertiary/aromatic N) is 2. The van der Waals surface area contributed by atoms with Gasteiger partial charge in [-0.15, -0.1) is 0 Å². The van der Waals surface area contributed by atoms with E-state index >= 15 is 0 Å². The number of hydrogen-bond donors (Lipinski definition) is 1. The first-order chi connectivity index (χ1) is 9.72. The van der Waals surface area contributed by atoms with Crippen molar-refractivity contribution in [3.63, 3.8) is 0 Å². The molecule has 1 saturated heterocycles. The molecule has 1 aromatic heterocycles. The Bertz CT molecular complexity index is 553. The molecule has 0 amide bonds. The number of aromatic nitrogens is 1. The molecule has 0 radical (unpaired) electrons. The lowest BCUT2D eigenvalue weighted by atomic mass is 9.98. The fourth-order valence-corrected chi connectivity index (χ4v) is 2.78. The van der Waals surface area contributed by atoms with Gasteiger partial charge in [0.2, 0.25) is 0 Å². The number of likely N-dealkylation sites (tertiary alicyclic amines) is 1. The SMILES string of the molecule is CC1CC(Nc2cccc(-c3cnco3)c2)CCN1C. The first-order valence-corrected chi connectivity index (χ1v) is 7.18. The molecule has 2 heterocycles. The topological polar surface area (TPSA) is 41.3 Å². The minimum Gasteiger partial charge on any atom is -0.444 e. The Morgan fingerprint density at radius 1 is 1.40 bits per heavy atom. The van der Waals surface area contributed by atoms with Crippen LogP contribution in [0.5, 0.6) is 0 Å². The number of oxazole rings is 1. The highest BCUT2D eigenvalue weighted by Crippen LogP contribution is 2.24. The third-order valence-electron chi connectivity index (χ3n) is 4.16. The average molecular weight is 271 g/mol. The van der Waals surface area contributed by atoms with Crippen LogP contribution in [0.1, 0.15) is 19.8 Å². The van der Waals surface area contributed by atoms with Crippen LogP contribution >= 0.6 is 0 Å². The zero-order valence-corrected chi connectivity index (χ0v) is 12.0. The van der Waals surface area contributed by atoms with Crippen LogP contribution in [0, 0.1) is 0 Å². The molecule has 2 atom stereocenters. The normalized spacial score (nSPS) is 23.7. The van der Waals surface area contributed by atoms with E-state index in [0.717, 1.165) is 23.6 Å². The molecular weight excluding hydrogens is 250 g/mol. The van der Waals surface area contributed by atoms with Crippen molar-refractivity contribution in [1.29, 1.82) is 0 Å². The molecule has 0 spiro atoms. The fourth-order valence-electron chi connectivity index (χ4n) is 2.78. The van der Waals surface area contributed by atoms with Gasteiger partial charge in [0.15, 0.2) is 12.2 Å². The van der Waals surface area contributed by atoms with E-state index in [4.69, 9.17) is 4.42 Å². The van der Waals surface area contributed by atoms with E-state index in [9.17, 15) is 0 Å². The van der Waals surface area contributed by atoms with Crippen LogP contribution in [0.25, 0.3) is 11.3 Å². The highest BCUT2D eigenvalue weighted by Gasteiger charge is 2.22. The molecular formula is C16H21N3O. The van der Waals surface area contributed by atoms with E-state index in [0.29, 0.717) is 12.1 Å². The average Bonchev–Trinajstić information content (AvgIpc) is 2.97. The number of anilines is 1. The van der Waals surface area contributed by atoms with E-state index < -0.39 is 0 Å². The molecule has 2 aromatic rings. The first-order valence-electron chi connectivity index (χ1n) is 7.18. The number of rotatable bonds is 3. The van der Waals surface area contributed by atoms with Gasteiger partial charge in [0.1, 0.15) is 0 Å².